The molecule has 0 saturated heterocycles. The van der Waals surface area contributed by atoms with Gasteiger partial charge in [-0.25, -0.2) is 0 Å². The van der Waals surface area contributed by atoms with Crippen molar-refractivity contribution in [2.75, 3.05) is 12.3 Å². The van der Waals surface area contributed by atoms with Crippen molar-refractivity contribution < 1.29 is 4.79 Å². The number of unbranched alkanes of at least 4 members (excludes halogenated alkanes) is 5. The summed E-state index contributed by atoms with van der Waals surface area (Å²) >= 11 is 0. The van der Waals surface area contributed by atoms with E-state index < -0.39 is 0 Å². The maximum atomic E-state index is 12.0. The predicted molar refractivity (Wildman–Crippen MR) is 81.3 cm³/mol. The molecule has 0 unspecified atom stereocenters. The average molecular weight is 262 g/mol. The maximum absolute atomic E-state index is 12.0. The molecule has 106 valence electrons. The van der Waals surface area contributed by atoms with Gasteiger partial charge in [0.25, 0.3) is 5.91 Å². The second-order valence-electron chi connectivity index (χ2n) is 5.10. The van der Waals surface area contributed by atoms with Crippen molar-refractivity contribution in [1.29, 1.82) is 0 Å². The highest BCUT2D eigenvalue weighted by molar-refractivity contribution is 5.96. The van der Waals surface area contributed by atoms with Crippen molar-refractivity contribution in [1.82, 2.24) is 5.32 Å². The van der Waals surface area contributed by atoms with E-state index in [0.29, 0.717) is 11.3 Å². The zero-order valence-corrected chi connectivity index (χ0v) is 12.2. The molecule has 0 atom stereocenters. The molecule has 0 radical (unpaired) electrons. The molecular formula is C16H26N2O. The molecule has 19 heavy (non-hydrogen) atoms. The molecule has 0 fully saturated rings. The van der Waals surface area contributed by atoms with Crippen LogP contribution in [0.5, 0.6) is 0 Å². The third-order valence-electron chi connectivity index (χ3n) is 3.32. The number of aryl methyl sites for hydroxylation is 1. The van der Waals surface area contributed by atoms with Crippen LogP contribution in [0.25, 0.3) is 0 Å². The minimum Gasteiger partial charge on any atom is -0.399 e. The number of hydrogen-bond acceptors (Lipinski definition) is 2. The first-order chi connectivity index (χ1) is 9.15. The zero-order chi connectivity index (χ0) is 14.1. The lowest BCUT2D eigenvalue weighted by Gasteiger charge is -2.08. The van der Waals surface area contributed by atoms with Gasteiger partial charge < -0.3 is 11.1 Å². The van der Waals surface area contributed by atoms with E-state index in [1.165, 1.54) is 32.1 Å². The normalized spacial score (nSPS) is 10.4. The number of anilines is 1. The lowest BCUT2D eigenvalue weighted by Crippen LogP contribution is -2.25. The molecule has 0 saturated carbocycles. The van der Waals surface area contributed by atoms with Crippen LogP contribution in [0.4, 0.5) is 5.69 Å². The summed E-state index contributed by atoms with van der Waals surface area (Å²) < 4.78 is 0. The Kier molecular flexibility index (Phi) is 7.01. The zero-order valence-electron chi connectivity index (χ0n) is 12.2. The molecular weight excluding hydrogens is 236 g/mol. The first kappa shape index (κ1) is 15.5. The smallest absolute Gasteiger partial charge is 0.251 e. The van der Waals surface area contributed by atoms with Crippen LogP contribution >= 0.6 is 0 Å². The summed E-state index contributed by atoms with van der Waals surface area (Å²) in [6.07, 6.45) is 7.40. The van der Waals surface area contributed by atoms with Gasteiger partial charge >= 0.3 is 0 Å². The standard InChI is InChI=1S/C16H26N2O/c1-3-4-5-6-7-8-11-18-16(19)15-12-14(17)10-9-13(15)2/h9-10,12H,3-8,11,17H2,1-2H3,(H,18,19). The Bertz CT molecular complexity index is 402. The predicted octanol–water partition coefficient (Wildman–Crippen LogP) is 3.67. The maximum Gasteiger partial charge on any atom is 0.251 e. The number of benzene rings is 1. The number of rotatable bonds is 8. The van der Waals surface area contributed by atoms with Gasteiger partial charge in [0.05, 0.1) is 0 Å². The van der Waals surface area contributed by atoms with Crippen molar-refractivity contribution in [2.45, 2.75) is 52.4 Å². The first-order valence-corrected chi connectivity index (χ1v) is 7.29. The van der Waals surface area contributed by atoms with Gasteiger partial charge in [0.2, 0.25) is 0 Å². The van der Waals surface area contributed by atoms with E-state index in [1.54, 1.807) is 6.07 Å². The third-order valence-corrected chi connectivity index (χ3v) is 3.32. The van der Waals surface area contributed by atoms with Crippen LogP contribution in [0.1, 0.15) is 61.4 Å². The van der Waals surface area contributed by atoms with Gasteiger partial charge in [-0.15, -0.1) is 0 Å². The fourth-order valence-electron chi connectivity index (χ4n) is 2.09. The second-order valence-corrected chi connectivity index (χ2v) is 5.10. The van der Waals surface area contributed by atoms with Crippen molar-refractivity contribution in [3.8, 4) is 0 Å². The van der Waals surface area contributed by atoms with E-state index in [-0.39, 0.29) is 5.91 Å². The first-order valence-electron chi connectivity index (χ1n) is 7.29. The number of carbonyl (C=O) groups excluding carboxylic acids is 1. The number of nitrogen functional groups attached to an aromatic ring is 1. The molecule has 0 aliphatic heterocycles. The summed E-state index contributed by atoms with van der Waals surface area (Å²) in [7, 11) is 0. The summed E-state index contributed by atoms with van der Waals surface area (Å²) in [5.74, 6) is -0.0154. The molecule has 0 spiro atoms. The Morgan fingerprint density at radius 3 is 2.58 bits per heavy atom. The van der Waals surface area contributed by atoms with Gasteiger partial charge in [-0.05, 0) is 31.0 Å². The molecule has 1 aromatic rings. The Hall–Kier alpha value is -1.51. The van der Waals surface area contributed by atoms with E-state index in [9.17, 15) is 4.79 Å². The molecule has 1 amide bonds. The van der Waals surface area contributed by atoms with Crippen LogP contribution < -0.4 is 11.1 Å². The minimum atomic E-state index is -0.0154. The van der Waals surface area contributed by atoms with E-state index in [1.807, 2.05) is 19.1 Å². The minimum absolute atomic E-state index is 0.0154. The van der Waals surface area contributed by atoms with Crippen molar-refractivity contribution in [3.63, 3.8) is 0 Å². The van der Waals surface area contributed by atoms with Gasteiger partial charge in [0, 0.05) is 17.8 Å². The molecule has 3 nitrogen and oxygen atoms in total. The highest BCUT2D eigenvalue weighted by Crippen LogP contribution is 2.12. The van der Waals surface area contributed by atoms with E-state index in [2.05, 4.69) is 12.2 Å². The van der Waals surface area contributed by atoms with Crippen molar-refractivity contribution in [2.24, 2.45) is 0 Å². The molecule has 0 heterocycles. The molecule has 0 bridgehead atoms. The Labute approximate surface area is 116 Å². The van der Waals surface area contributed by atoms with Crippen LogP contribution in [-0.2, 0) is 0 Å². The highest BCUT2D eigenvalue weighted by atomic mass is 16.1. The Balaban J connectivity index is 2.26. The summed E-state index contributed by atoms with van der Waals surface area (Å²) in [5.41, 5.74) is 8.00. The summed E-state index contributed by atoms with van der Waals surface area (Å²) in [4.78, 5) is 12.0. The molecule has 0 aromatic heterocycles. The second kappa shape index (κ2) is 8.57. The molecule has 3 heteroatoms. The summed E-state index contributed by atoms with van der Waals surface area (Å²) in [6.45, 7) is 4.90. The average Bonchev–Trinajstić information content (AvgIpc) is 2.40. The third kappa shape index (κ3) is 5.77. The van der Waals surface area contributed by atoms with E-state index in [4.69, 9.17) is 5.73 Å². The van der Waals surface area contributed by atoms with Crippen LogP contribution in [0, 0.1) is 6.92 Å². The van der Waals surface area contributed by atoms with Crippen LogP contribution in [-0.4, -0.2) is 12.5 Å². The van der Waals surface area contributed by atoms with Crippen LogP contribution in [0.3, 0.4) is 0 Å². The molecule has 3 N–H and O–H groups in total. The molecule has 1 aromatic carbocycles. The number of nitrogens with two attached hydrogens (primary N) is 1. The van der Waals surface area contributed by atoms with E-state index in [0.717, 1.165) is 18.5 Å². The number of nitrogens with one attached hydrogen (secondary N) is 1. The number of amides is 1. The molecule has 0 aliphatic carbocycles. The summed E-state index contributed by atoms with van der Waals surface area (Å²) in [6, 6.07) is 5.45. The number of carbonyl (C=O) groups is 1. The Morgan fingerprint density at radius 1 is 1.16 bits per heavy atom. The van der Waals surface area contributed by atoms with Crippen molar-refractivity contribution >= 4 is 11.6 Å². The lowest BCUT2D eigenvalue weighted by molar-refractivity contribution is 0.0952. The molecule has 0 aliphatic rings. The van der Waals surface area contributed by atoms with Crippen LogP contribution in [0.2, 0.25) is 0 Å². The van der Waals surface area contributed by atoms with Crippen LogP contribution in [0.15, 0.2) is 18.2 Å². The number of hydrogen-bond donors (Lipinski definition) is 2. The fraction of sp³-hybridized carbons (Fsp3) is 0.562. The fourth-order valence-corrected chi connectivity index (χ4v) is 2.09. The highest BCUT2D eigenvalue weighted by Gasteiger charge is 2.08. The SMILES string of the molecule is CCCCCCCCNC(=O)c1cc(N)ccc1C. The molecule has 1 rings (SSSR count). The van der Waals surface area contributed by atoms with Gasteiger partial charge in [-0.1, -0.05) is 45.1 Å². The van der Waals surface area contributed by atoms with Gasteiger partial charge in [-0.3, -0.25) is 4.79 Å². The van der Waals surface area contributed by atoms with Crippen molar-refractivity contribution in [3.05, 3.63) is 29.3 Å². The van der Waals surface area contributed by atoms with Gasteiger partial charge in [0.15, 0.2) is 0 Å². The largest absolute Gasteiger partial charge is 0.399 e. The topological polar surface area (TPSA) is 55.1 Å². The monoisotopic (exact) mass is 262 g/mol. The van der Waals surface area contributed by atoms with Gasteiger partial charge in [0.1, 0.15) is 0 Å². The van der Waals surface area contributed by atoms with E-state index >= 15 is 0 Å². The lowest BCUT2D eigenvalue weighted by atomic mass is 10.1. The summed E-state index contributed by atoms with van der Waals surface area (Å²) in [5, 5.41) is 2.96. The van der Waals surface area contributed by atoms with Gasteiger partial charge in [-0.2, -0.15) is 0 Å². The Morgan fingerprint density at radius 2 is 1.84 bits per heavy atom. The quantitative estimate of drug-likeness (QED) is 0.555.